The van der Waals surface area contributed by atoms with Gasteiger partial charge in [0.25, 0.3) is 5.91 Å². The Balaban J connectivity index is 1.80. The van der Waals surface area contributed by atoms with Gasteiger partial charge in [-0.2, -0.15) is 0 Å². The van der Waals surface area contributed by atoms with Crippen molar-refractivity contribution in [2.45, 2.75) is 33.0 Å². The summed E-state index contributed by atoms with van der Waals surface area (Å²) in [5, 5.41) is 3.52. The van der Waals surface area contributed by atoms with Crippen LogP contribution >= 0.6 is 0 Å². The number of para-hydroxylation sites is 2. The van der Waals surface area contributed by atoms with E-state index in [0.29, 0.717) is 42.6 Å². The normalized spacial score (nSPS) is 15.5. The van der Waals surface area contributed by atoms with Crippen molar-refractivity contribution >= 4 is 11.6 Å². The number of ether oxygens (including phenoxy) is 2. The van der Waals surface area contributed by atoms with Gasteiger partial charge in [-0.25, -0.2) is 0 Å². The SMILES string of the molecule is CCCOc1c(OCC)cccc1[C@H]1Nc2ccccc2C(=O)N1Cc1ccco1. The maximum Gasteiger partial charge on any atom is 0.258 e. The van der Waals surface area contributed by atoms with E-state index in [9.17, 15) is 4.79 Å². The maximum atomic E-state index is 13.4. The minimum absolute atomic E-state index is 0.0611. The third kappa shape index (κ3) is 3.85. The van der Waals surface area contributed by atoms with Gasteiger partial charge in [0.1, 0.15) is 11.9 Å². The van der Waals surface area contributed by atoms with Gasteiger partial charge >= 0.3 is 0 Å². The van der Waals surface area contributed by atoms with Gasteiger partial charge in [-0.05, 0) is 43.7 Å². The summed E-state index contributed by atoms with van der Waals surface area (Å²) < 4.78 is 17.5. The van der Waals surface area contributed by atoms with Crippen molar-refractivity contribution in [1.82, 2.24) is 4.90 Å². The molecule has 0 fully saturated rings. The first-order valence-corrected chi connectivity index (χ1v) is 10.3. The molecular weight excluding hydrogens is 380 g/mol. The standard InChI is InChI=1S/C24H26N2O4/c1-3-14-30-22-19(11-7-13-21(22)28-4-2)23-25-20-12-6-5-10-18(20)24(27)26(23)16-17-9-8-15-29-17/h5-13,15,23,25H,3-4,14,16H2,1-2H3/t23-/m0/s1. The fourth-order valence-corrected chi connectivity index (χ4v) is 3.65. The fraction of sp³-hybridized carbons (Fsp3) is 0.292. The predicted octanol–water partition coefficient (Wildman–Crippen LogP) is 5.23. The van der Waals surface area contributed by atoms with Crippen molar-refractivity contribution in [3.05, 3.63) is 77.7 Å². The second-order valence-electron chi connectivity index (χ2n) is 7.06. The van der Waals surface area contributed by atoms with E-state index in [1.165, 1.54) is 0 Å². The molecule has 1 aliphatic rings. The maximum absolute atomic E-state index is 13.4. The lowest BCUT2D eigenvalue weighted by Crippen LogP contribution is -2.42. The Kier molecular flexibility index (Phi) is 5.93. The molecule has 30 heavy (non-hydrogen) atoms. The first-order chi connectivity index (χ1) is 14.7. The number of carbonyl (C=O) groups excluding carboxylic acids is 1. The van der Waals surface area contributed by atoms with Crippen LogP contribution in [0.5, 0.6) is 11.5 Å². The summed E-state index contributed by atoms with van der Waals surface area (Å²) in [6, 6.07) is 17.0. The number of benzene rings is 2. The number of hydrogen-bond donors (Lipinski definition) is 1. The average molecular weight is 406 g/mol. The fourth-order valence-electron chi connectivity index (χ4n) is 3.65. The third-order valence-corrected chi connectivity index (χ3v) is 4.98. The van der Waals surface area contributed by atoms with E-state index in [1.807, 2.05) is 61.5 Å². The summed E-state index contributed by atoms with van der Waals surface area (Å²) in [5.41, 5.74) is 2.28. The van der Waals surface area contributed by atoms with Crippen LogP contribution in [0, 0.1) is 0 Å². The molecular formula is C24H26N2O4. The van der Waals surface area contributed by atoms with E-state index in [0.717, 1.165) is 17.7 Å². The number of furan rings is 1. The van der Waals surface area contributed by atoms with Crippen molar-refractivity contribution in [2.24, 2.45) is 0 Å². The molecule has 2 aromatic carbocycles. The van der Waals surface area contributed by atoms with E-state index >= 15 is 0 Å². The minimum Gasteiger partial charge on any atom is -0.490 e. The second kappa shape index (κ2) is 8.95. The molecule has 0 aliphatic carbocycles. The third-order valence-electron chi connectivity index (χ3n) is 4.98. The van der Waals surface area contributed by atoms with Gasteiger partial charge in [-0.3, -0.25) is 4.79 Å². The quantitative estimate of drug-likeness (QED) is 0.555. The van der Waals surface area contributed by atoms with Crippen molar-refractivity contribution in [2.75, 3.05) is 18.5 Å². The van der Waals surface area contributed by atoms with E-state index in [4.69, 9.17) is 13.9 Å². The molecule has 6 nitrogen and oxygen atoms in total. The number of carbonyl (C=O) groups is 1. The summed E-state index contributed by atoms with van der Waals surface area (Å²) >= 11 is 0. The Bertz CT molecular complexity index is 1000. The second-order valence-corrected chi connectivity index (χ2v) is 7.06. The summed E-state index contributed by atoms with van der Waals surface area (Å²) in [7, 11) is 0. The molecule has 0 saturated carbocycles. The van der Waals surface area contributed by atoms with E-state index in [-0.39, 0.29) is 5.91 Å². The average Bonchev–Trinajstić information content (AvgIpc) is 3.28. The van der Waals surface area contributed by atoms with Crippen LogP contribution in [0.4, 0.5) is 5.69 Å². The van der Waals surface area contributed by atoms with Crippen LogP contribution in [0.3, 0.4) is 0 Å². The van der Waals surface area contributed by atoms with Crippen LogP contribution in [-0.2, 0) is 6.54 Å². The highest BCUT2D eigenvalue weighted by molar-refractivity contribution is 6.01. The van der Waals surface area contributed by atoms with Crippen LogP contribution in [-0.4, -0.2) is 24.0 Å². The van der Waals surface area contributed by atoms with Gasteiger partial charge in [-0.15, -0.1) is 0 Å². The zero-order valence-corrected chi connectivity index (χ0v) is 17.3. The van der Waals surface area contributed by atoms with Gasteiger partial charge in [0, 0.05) is 11.3 Å². The summed E-state index contributed by atoms with van der Waals surface area (Å²) in [5.74, 6) is 1.99. The molecule has 4 rings (SSSR count). The Hall–Kier alpha value is -3.41. The highest BCUT2D eigenvalue weighted by Gasteiger charge is 2.35. The lowest BCUT2D eigenvalue weighted by molar-refractivity contribution is 0.0648. The molecule has 156 valence electrons. The topological polar surface area (TPSA) is 63.9 Å². The molecule has 1 aliphatic heterocycles. The van der Waals surface area contributed by atoms with Crippen LogP contribution in [0.2, 0.25) is 0 Å². The van der Waals surface area contributed by atoms with Gasteiger partial charge < -0.3 is 24.1 Å². The number of anilines is 1. The first kappa shape index (κ1) is 19.9. The lowest BCUT2D eigenvalue weighted by Gasteiger charge is -2.38. The monoisotopic (exact) mass is 406 g/mol. The number of rotatable bonds is 8. The Morgan fingerprint density at radius 3 is 2.67 bits per heavy atom. The van der Waals surface area contributed by atoms with Gasteiger partial charge in [-0.1, -0.05) is 31.2 Å². The minimum atomic E-state index is -0.426. The number of hydrogen-bond acceptors (Lipinski definition) is 5. The van der Waals surface area contributed by atoms with Crippen LogP contribution < -0.4 is 14.8 Å². The molecule has 0 radical (unpaired) electrons. The first-order valence-electron chi connectivity index (χ1n) is 10.3. The molecule has 6 heteroatoms. The van der Waals surface area contributed by atoms with Gasteiger partial charge in [0.15, 0.2) is 11.5 Å². The van der Waals surface area contributed by atoms with Crippen molar-refractivity contribution in [1.29, 1.82) is 0 Å². The Morgan fingerprint density at radius 2 is 1.90 bits per heavy atom. The van der Waals surface area contributed by atoms with Crippen molar-refractivity contribution < 1.29 is 18.7 Å². The molecule has 1 N–H and O–H groups in total. The molecule has 1 aromatic heterocycles. The Labute approximate surface area is 176 Å². The molecule has 0 bridgehead atoms. The number of amides is 1. The lowest BCUT2D eigenvalue weighted by atomic mass is 10.0. The van der Waals surface area contributed by atoms with Crippen LogP contribution in [0.25, 0.3) is 0 Å². The summed E-state index contributed by atoms with van der Waals surface area (Å²) in [6.45, 7) is 5.43. The number of nitrogens with zero attached hydrogens (tertiary/aromatic N) is 1. The molecule has 3 aromatic rings. The molecule has 1 amide bonds. The predicted molar refractivity (Wildman–Crippen MR) is 115 cm³/mol. The molecule has 1 atom stereocenters. The Morgan fingerprint density at radius 1 is 1.03 bits per heavy atom. The van der Waals surface area contributed by atoms with Gasteiger partial charge in [0.2, 0.25) is 0 Å². The molecule has 0 saturated heterocycles. The zero-order chi connectivity index (χ0) is 20.9. The summed E-state index contributed by atoms with van der Waals surface area (Å²) in [4.78, 5) is 15.2. The largest absolute Gasteiger partial charge is 0.490 e. The number of nitrogens with one attached hydrogen (secondary N) is 1. The number of fused-ring (bicyclic) bond motifs is 1. The van der Waals surface area contributed by atoms with Gasteiger partial charge in [0.05, 0.1) is 31.6 Å². The van der Waals surface area contributed by atoms with E-state index in [1.54, 1.807) is 11.2 Å². The van der Waals surface area contributed by atoms with Crippen LogP contribution in [0.15, 0.2) is 65.3 Å². The zero-order valence-electron chi connectivity index (χ0n) is 17.3. The smallest absolute Gasteiger partial charge is 0.258 e. The molecule has 0 spiro atoms. The highest BCUT2D eigenvalue weighted by Crippen LogP contribution is 2.41. The summed E-state index contributed by atoms with van der Waals surface area (Å²) in [6.07, 6.45) is 2.06. The van der Waals surface area contributed by atoms with Crippen molar-refractivity contribution in [3.8, 4) is 11.5 Å². The van der Waals surface area contributed by atoms with Crippen LogP contribution in [0.1, 0.15) is 48.1 Å². The van der Waals surface area contributed by atoms with Crippen molar-refractivity contribution in [3.63, 3.8) is 0 Å². The molecule has 0 unspecified atom stereocenters. The van der Waals surface area contributed by atoms with E-state index in [2.05, 4.69) is 12.2 Å². The highest BCUT2D eigenvalue weighted by atomic mass is 16.5. The van der Waals surface area contributed by atoms with E-state index < -0.39 is 6.17 Å². The molecule has 2 heterocycles.